The van der Waals surface area contributed by atoms with Gasteiger partial charge in [0.05, 0.1) is 5.38 Å². The van der Waals surface area contributed by atoms with Gasteiger partial charge in [-0.3, -0.25) is 4.79 Å². The Morgan fingerprint density at radius 1 is 1.59 bits per heavy atom. The van der Waals surface area contributed by atoms with Gasteiger partial charge in [-0.05, 0) is 6.42 Å². The van der Waals surface area contributed by atoms with E-state index in [1.807, 2.05) is 6.92 Å². The summed E-state index contributed by atoms with van der Waals surface area (Å²) in [6.07, 6.45) is 4.78. The topological polar surface area (TPSA) is 71.8 Å². The highest BCUT2D eigenvalue weighted by Gasteiger charge is 2.17. The summed E-state index contributed by atoms with van der Waals surface area (Å²) in [6.45, 7) is 2.03. The van der Waals surface area contributed by atoms with Crippen LogP contribution in [0.5, 0.6) is 0 Å². The minimum absolute atomic E-state index is 0.166. The van der Waals surface area contributed by atoms with Gasteiger partial charge in [0, 0.05) is 18.5 Å². The van der Waals surface area contributed by atoms with Crippen LogP contribution in [-0.4, -0.2) is 15.1 Å². The van der Waals surface area contributed by atoms with Crippen LogP contribution in [0.3, 0.4) is 0 Å². The number of pyridine rings is 1. The second-order valence-corrected chi connectivity index (χ2v) is 4.16. The molecule has 1 unspecified atom stereocenters. The number of H-pyrrole nitrogens is 1. The van der Waals surface area contributed by atoms with E-state index in [0.717, 1.165) is 12.8 Å². The summed E-state index contributed by atoms with van der Waals surface area (Å²) < 4.78 is 5.03. The average molecular weight is 254 g/mol. The van der Waals surface area contributed by atoms with Crippen molar-refractivity contribution in [2.75, 3.05) is 0 Å². The Morgan fingerprint density at radius 2 is 2.41 bits per heavy atom. The highest BCUT2D eigenvalue weighted by atomic mass is 35.5. The lowest BCUT2D eigenvalue weighted by Gasteiger charge is -1.99. The van der Waals surface area contributed by atoms with Gasteiger partial charge < -0.3 is 9.51 Å². The van der Waals surface area contributed by atoms with E-state index in [0.29, 0.717) is 11.4 Å². The predicted molar refractivity (Wildman–Crippen MR) is 63.9 cm³/mol. The highest BCUT2D eigenvalue weighted by molar-refractivity contribution is 6.20. The Morgan fingerprint density at radius 3 is 3.12 bits per heavy atom. The van der Waals surface area contributed by atoms with Crippen LogP contribution in [0.4, 0.5) is 0 Å². The molecule has 0 aromatic carbocycles. The summed E-state index contributed by atoms with van der Waals surface area (Å²) in [4.78, 5) is 18.5. The van der Waals surface area contributed by atoms with Crippen molar-refractivity contribution in [2.45, 2.75) is 25.1 Å². The maximum Gasteiger partial charge on any atom is 0.263 e. The third-order valence-electron chi connectivity index (χ3n) is 2.32. The van der Waals surface area contributed by atoms with Crippen LogP contribution in [0.1, 0.15) is 31.0 Å². The number of halogens is 1. The van der Waals surface area contributed by atoms with Gasteiger partial charge in [-0.2, -0.15) is 4.98 Å². The molecule has 0 aliphatic heterocycles. The van der Waals surface area contributed by atoms with Crippen molar-refractivity contribution in [3.63, 3.8) is 0 Å². The van der Waals surface area contributed by atoms with Gasteiger partial charge >= 0.3 is 0 Å². The minimum atomic E-state index is -0.278. The number of nitrogens with zero attached hydrogens (tertiary/aromatic N) is 2. The SMILES string of the molecule is CCCC(Cl)c1noc(-c2c[nH]ccc2=O)n1. The maximum atomic E-state index is 11.5. The summed E-state index contributed by atoms with van der Waals surface area (Å²) >= 11 is 6.08. The van der Waals surface area contributed by atoms with Crippen molar-refractivity contribution >= 4 is 11.6 Å². The number of alkyl halides is 1. The third kappa shape index (κ3) is 2.55. The first-order valence-electron chi connectivity index (χ1n) is 5.37. The minimum Gasteiger partial charge on any atom is -0.367 e. The molecule has 0 fully saturated rings. The molecule has 0 saturated carbocycles. The first-order chi connectivity index (χ1) is 8.22. The fourth-order valence-electron chi connectivity index (χ4n) is 1.44. The van der Waals surface area contributed by atoms with Crippen LogP contribution in [0.2, 0.25) is 0 Å². The largest absolute Gasteiger partial charge is 0.367 e. The zero-order valence-corrected chi connectivity index (χ0v) is 10.1. The van der Waals surface area contributed by atoms with Crippen molar-refractivity contribution in [3.8, 4) is 11.5 Å². The van der Waals surface area contributed by atoms with Crippen molar-refractivity contribution in [2.24, 2.45) is 0 Å². The molecule has 2 heterocycles. The zero-order chi connectivity index (χ0) is 12.3. The van der Waals surface area contributed by atoms with Crippen molar-refractivity contribution in [3.05, 3.63) is 34.5 Å². The molecule has 6 heteroatoms. The van der Waals surface area contributed by atoms with Gasteiger partial charge in [0.1, 0.15) is 5.56 Å². The molecule has 2 aromatic heterocycles. The Labute approximate surface area is 103 Å². The summed E-state index contributed by atoms with van der Waals surface area (Å²) in [5.74, 6) is 0.621. The van der Waals surface area contributed by atoms with Gasteiger partial charge in [0.25, 0.3) is 5.89 Å². The molecule has 2 aromatic rings. The molecule has 0 amide bonds. The van der Waals surface area contributed by atoms with Gasteiger partial charge in [0.15, 0.2) is 11.3 Å². The van der Waals surface area contributed by atoms with E-state index in [9.17, 15) is 4.79 Å². The van der Waals surface area contributed by atoms with Crippen LogP contribution < -0.4 is 5.43 Å². The number of rotatable bonds is 4. The maximum absolute atomic E-state index is 11.5. The molecule has 0 bridgehead atoms. The van der Waals surface area contributed by atoms with Gasteiger partial charge in [-0.15, -0.1) is 11.6 Å². The van der Waals surface area contributed by atoms with Gasteiger partial charge in [0.2, 0.25) is 0 Å². The predicted octanol–water partition coefficient (Wildman–Crippen LogP) is 2.50. The Kier molecular flexibility index (Phi) is 3.58. The van der Waals surface area contributed by atoms with E-state index in [1.165, 1.54) is 12.3 Å². The molecule has 17 heavy (non-hydrogen) atoms. The third-order valence-corrected chi connectivity index (χ3v) is 2.73. The van der Waals surface area contributed by atoms with E-state index >= 15 is 0 Å². The number of hydrogen-bond acceptors (Lipinski definition) is 4. The molecule has 0 aliphatic rings. The van der Waals surface area contributed by atoms with E-state index in [1.54, 1.807) is 6.20 Å². The van der Waals surface area contributed by atoms with Gasteiger partial charge in [-0.1, -0.05) is 18.5 Å². The van der Waals surface area contributed by atoms with Crippen LogP contribution >= 0.6 is 11.6 Å². The van der Waals surface area contributed by atoms with Crippen LogP contribution in [0.15, 0.2) is 27.8 Å². The van der Waals surface area contributed by atoms with Crippen molar-refractivity contribution in [1.82, 2.24) is 15.1 Å². The van der Waals surface area contributed by atoms with E-state index in [2.05, 4.69) is 15.1 Å². The summed E-state index contributed by atoms with van der Waals surface area (Å²) in [5.41, 5.74) is 0.187. The lowest BCUT2D eigenvalue weighted by molar-refractivity contribution is 0.420. The average Bonchev–Trinajstić information content (AvgIpc) is 2.79. The Hall–Kier alpha value is -1.62. The number of aromatic nitrogens is 3. The molecular formula is C11H12ClN3O2. The monoisotopic (exact) mass is 253 g/mol. The lowest BCUT2D eigenvalue weighted by atomic mass is 10.2. The van der Waals surface area contributed by atoms with Gasteiger partial charge in [-0.25, -0.2) is 0 Å². The molecule has 2 rings (SSSR count). The zero-order valence-electron chi connectivity index (χ0n) is 9.31. The normalized spacial score (nSPS) is 12.6. The first kappa shape index (κ1) is 11.9. The quantitative estimate of drug-likeness (QED) is 0.850. The molecule has 0 aliphatic carbocycles. The first-order valence-corrected chi connectivity index (χ1v) is 5.81. The van der Waals surface area contributed by atoms with Crippen LogP contribution in [0, 0.1) is 0 Å². The standard InChI is InChI=1S/C11H12ClN3O2/c1-2-3-8(12)10-14-11(17-15-10)7-6-13-5-4-9(7)16/h4-6,8H,2-3H2,1H3,(H,13,16). The van der Waals surface area contributed by atoms with E-state index in [-0.39, 0.29) is 16.7 Å². The fourth-order valence-corrected chi connectivity index (χ4v) is 1.74. The molecule has 5 nitrogen and oxygen atoms in total. The smallest absolute Gasteiger partial charge is 0.263 e. The summed E-state index contributed by atoms with van der Waals surface area (Å²) in [5, 5.41) is 3.50. The van der Waals surface area contributed by atoms with E-state index in [4.69, 9.17) is 16.1 Å². The van der Waals surface area contributed by atoms with Crippen molar-refractivity contribution < 1.29 is 4.52 Å². The van der Waals surface area contributed by atoms with E-state index < -0.39 is 0 Å². The Bertz CT molecular complexity index is 549. The molecule has 0 radical (unpaired) electrons. The molecule has 90 valence electrons. The fraction of sp³-hybridized carbons (Fsp3) is 0.364. The second kappa shape index (κ2) is 5.14. The number of aromatic amines is 1. The molecule has 0 spiro atoms. The lowest BCUT2D eigenvalue weighted by Crippen LogP contribution is -2.02. The highest BCUT2D eigenvalue weighted by Crippen LogP contribution is 2.24. The number of hydrogen-bond donors (Lipinski definition) is 1. The molecule has 1 atom stereocenters. The summed E-state index contributed by atoms with van der Waals surface area (Å²) in [6, 6.07) is 1.41. The summed E-state index contributed by atoms with van der Waals surface area (Å²) in [7, 11) is 0. The van der Waals surface area contributed by atoms with Crippen molar-refractivity contribution in [1.29, 1.82) is 0 Å². The molecular weight excluding hydrogens is 242 g/mol. The molecule has 1 N–H and O–H groups in total. The molecule has 0 saturated heterocycles. The van der Waals surface area contributed by atoms with Crippen LogP contribution in [-0.2, 0) is 0 Å². The van der Waals surface area contributed by atoms with Crippen LogP contribution in [0.25, 0.3) is 11.5 Å². The second-order valence-electron chi connectivity index (χ2n) is 3.64. The number of nitrogens with one attached hydrogen (secondary N) is 1. The Balaban J connectivity index is 2.30.